The van der Waals surface area contributed by atoms with Crippen molar-refractivity contribution in [3.05, 3.63) is 30.1 Å². The van der Waals surface area contributed by atoms with Crippen LogP contribution in [0.15, 0.2) is 24.5 Å². The van der Waals surface area contributed by atoms with Crippen LogP contribution in [0.2, 0.25) is 0 Å². The van der Waals surface area contributed by atoms with E-state index in [-0.39, 0.29) is 12.5 Å². The highest BCUT2D eigenvalue weighted by molar-refractivity contribution is 5.66. The monoisotopic (exact) mass is 263 g/mol. The molecule has 19 heavy (non-hydrogen) atoms. The molecule has 2 N–H and O–H groups in total. The first-order valence-corrected chi connectivity index (χ1v) is 6.72. The second kappa shape index (κ2) is 6.63. The number of carbonyl (C=O) groups is 1. The van der Waals surface area contributed by atoms with Gasteiger partial charge in [0.05, 0.1) is 0 Å². The minimum absolute atomic E-state index is 0.230. The molecule has 1 aliphatic heterocycles. The molecule has 0 spiro atoms. The molecule has 104 valence electrons. The van der Waals surface area contributed by atoms with Crippen LogP contribution in [0.25, 0.3) is 0 Å². The van der Waals surface area contributed by atoms with Crippen molar-refractivity contribution in [2.24, 2.45) is 0 Å². The first-order chi connectivity index (χ1) is 9.13. The zero-order chi connectivity index (χ0) is 13.7. The Morgan fingerprint density at radius 2 is 2.21 bits per heavy atom. The fraction of sp³-hybridized carbons (Fsp3) is 0.571. The molecule has 1 aromatic heterocycles. The molecule has 0 amide bonds. The molecule has 2 heterocycles. The number of carboxylic acids is 1. The van der Waals surface area contributed by atoms with E-state index in [0.717, 1.165) is 19.6 Å². The van der Waals surface area contributed by atoms with Gasteiger partial charge in [0.15, 0.2) is 0 Å². The van der Waals surface area contributed by atoms with E-state index in [0.29, 0.717) is 12.5 Å². The van der Waals surface area contributed by atoms with Crippen molar-refractivity contribution >= 4 is 5.97 Å². The molecule has 0 aliphatic carbocycles. The molecule has 0 bridgehead atoms. The van der Waals surface area contributed by atoms with Crippen molar-refractivity contribution in [1.29, 1.82) is 0 Å². The summed E-state index contributed by atoms with van der Waals surface area (Å²) in [7, 11) is 0. The maximum absolute atomic E-state index is 10.6. The Kier molecular flexibility index (Phi) is 4.87. The average molecular weight is 263 g/mol. The number of nitrogens with zero attached hydrogens (tertiary/aromatic N) is 2. The number of hydrogen-bond acceptors (Lipinski definition) is 4. The van der Waals surface area contributed by atoms with E-state index in [1.54, 1.807) is 0 Å². The molecular weight excluding hydrogens is 242 g/mol. The number of piperazine rings is 1. The van der Waals surface area contributed by atoms with Gasteiger partial charge in [0, 0.05) is 50.5 Å². The van der Waals surface area contributed by atoms with Gasteiger partial charge in [0.2, 0.25) is 0 Å². The normalized spacial score (nSPS) is 24.3. The van der Waals surface area contributed by atoms with Crippen LogP contribution in [0.3, 0.4) is 0 Å². The molecule has 5 nitrogen and oxygen atoms in total. The average Bonchev–Trinajstić information content (AvgIpc) is 2.37. The first-order valence-electron chi connectivity index (χ1n) is 6.72. The largest absolute Gasteiger partial charge is 0.481 e. The molecule has 1 fully saturated rings. The second-order valence-electron chi connectivity index (χ2n) is 5.25. The van der Waals surface area contributed by atoms with Crippen LogP contribution in [0.1, 0.15) is 25.3 Å². The van der Waals surface area contributed by atoms with Crippen molar-refractivity contribution in [3.8, 4) is 0 Å². The lowest BCUT2D eigenvalue weighted by Gasteiger charge is -2.37. The number of aromatic nitrogens is 1. The van der Waals surface area contributed by atoms with Crippen LogP contribution in [-0.2, 0) is 11.3 Å². The molecule has 2 atom stereocenters. The summed E-state index contributed by atoms with van der Waals surface area (Å²) in [5.74, 6) is -0.722. The fourth-order valence-electron chi connectivity index (χ4n) is 2.63. The Hall–Kier alpha value is -1.46. The van der Waals surface area contributed by atoms with Crippen molar-refractivity contribution in [3.63, 3.8) is 0 Å². The van der Waals surface area contributed by atoms with Crippen molar-refractivity contribution in [2.75, 3.05) is 13.1 Å². The molecule has 5 heteroatoms. The minimum atomic E-state index is -0.722. The Morgan fingerprint density at radius 3 is 2.89 bits per heavy atom. The number of rotatable bonds is 5. The third-order valence-corrected chi connectivity index (χ3v) is 3.39. The van der Waals surface area contributed by atoms with E-state index >= 15 is 0 Å². The molecule has 1 aliphatic rings. The maximum atomic E-state index is 10.6. The molecule has 0 aromatic carbocycles. The van der Waals surface area contributed by atoms with Crippen molar-refractivity contribution < 1.29 is 9.90 Å². The fourth-order valence-corrected chi connectivity index (χ4v) is 2.63. The van der Waals surface area contributed by atoms with Crippen LogP contribution < -0.4 is 5.32 Å². The van der Waals surface area contributed by atoms with Gasteiger partial charge in [0.25, 0.3) is 0 Å². The van der Waals surface area contributed by atoms with Gasteiger partial charge in [0.1, 0.15) is 0 Å². The smallest absolute Gasteiger partial charge is 0.303 e. The predicted molar refractivity (Wildman–Crippen MR) is 72.8 cm³/mol. The zero-order valence-corrected chi connectivity index (χ0v) is 11.2. The van der Waals surface area contributed by atoms with E-state index in [4.69, 9.17) is 5.11 Å². The SMILES string of the molecule is CC1CN(Cc2ccncc2)CC(CCC(=O)O)N1. The van der Waals surface area contributed by atoms with E-state index < -0.39 is 5.97 Å². The lowest BCUT2D eigenvalue weighted by atomic mass is 10.0. The standard InChI is InChI=1S/C14H21N3O2/c1-11-8-17(9-12-4-6-15-7-5-12)10-13(16-11)2-3-14(18)19/h4-7,11,13,16H,2-3,8-10H2,1H3,(H,18,19). The Balaban J connectivity index is 1.88. The predicted octanol–water partition coefficient (Wildman–Crippen LogP) is 1.11. The zero-order valence-electron chi connectivity index (χ0n) is 11.2. The summed E-state index contributed by atoms with van der Waals surface area (Å²) in [5.41, 5.74) is 1.25. The summed E-state index contributed by atoms with van der Waals surface area (Å²) in [5, 5.41) is 12.2. The summed E-state index contributed by atoms with van der Waals surface area (Å²) in [4.78, 5) is 17.0. The lowest BCUT2D eigenvalue weighted by Crippen LogP contribution is -2.55. The van der Waals surface area contributed by atoms with Crippen molar-refractivity contribution in [1.82, 2.24) is 15.2 Å². The topological polar surface area (TPSA) is 65.5 Å². The number of pyridine rings is 1. The summed E-state index contributed by atoms with van der Waals surface area (Å²) in [6.07, 6.45) is 4.53. The molecule has 2 unspecified atom stereocenters. The van der Waals surface area contributed by atoms with Gasteiger partial charge >= 0.3 is 5.97 Å². The maximum Gasteiger partial charge on any atom is 0.303 e. The lowest BCUT2D eigenvalue weighted by molar-refractivity contribution is -0.137. The number of carboxylic acid groups (broad SMARTS) is 1. The highest BCUT2D eigenvalue weighted by Gasteiger charge is 2.24. The number of nitrogens with one attached hydrogen (secondary N) is 1. The van der Waals surface area contributed by atoms with Gasteiger partial charge in [-0.05, 0) is 31.0 Å². The summed E-state index contributed by atoms with van der Waals surface area (Å²) in [6, 6.07) is 4.72. The molecule has 2 rings (SSSR count). The third kappa shape index (κ3) is 4.61. The summed E-state index contributed by atoms with van der Waals surface area (Å²) < 4.78 is 0. The van der Waals surface area contributed by atoms with Gasteiger partial charge in [-0.1, -0.05) is 0 Å². The van der Waals surface area contributed by atoms with E-state index in [2.05, 4.69) is 22.1 Å². The molecule has 0 radical (unpaired) electrons. The van der Waals surface area contributed by atoms with E-state index in [1.165, 1.54) is 5.56 Å². The van der Waals surface area contributed by atoms with Crippen LogP contribution >= 0.6 is 0 Å². The van der Waals surface area contributed by atoms with Crippen molar-refractivity contribution in [2.45, 2.75) is 38.4 Å². The van der Waals surface area contributed by atoms with Crippen LogP contribution in [-0.4, -0.2) is 46.1 Å². The van der Waals surface area contributed by atoms with E-state index in [9.17, 15) is 4.79 Å². The molecule has 1 aromatic rings. The Morgan fingerprint density at radius 1 is 1.47 bits per heavy atom. The summed E-state index contributed by atoms with van der Waals surface area (Å²) >= 11 is 0. The second-order valence-corrected chi connectivity index (χ2v) is 5.25. The number of aliphatic carboxylic acids is 1. The molecule has 0 saturated carbocycles. The quantitative estimate of drug-likeness (QED) is 0.833. The van der Waals surface area contributed by atoms with Gasteiger partial charge in [-0.3, -0.25) is 14.7 Å². The number of hydrogen-bond donors (Lipinski definition) is 2. The minimum Gasteiger partial charge on any atom is -0.481 e. The van der Waals surface area contributed by atoms with Gasteiger partial charge in [-0.15, -0.1) is 0 Å². The third-order valence-electron chi connectivity index (χ3n) is 3.39. The van der Waals surface area contributed by atoms with Gasteiger partial charge in [-0.25, -0.2) is 0 Å². The Bertz CT molecular complexity index is 410. The van der Waals surface area contributed by atoms with Gasteiger partial charge < -0.3 is 10.4 Å². The Labute approximate surface area is 113 Å². The van der Waals surface area contributed by atoms with Crippen LogP contribution in [0.5, 0.6) is 0 Å². The van der Waals surface area contributed by atoms with Crippen LogP contribution in [0, 0.1) is 0 Å². The highest BCUT2D eigenvalue weighted by atomic mass is 16.4. The summed E-state index contributed by atoms with van der Waals surface area (Å²) in [6.45, 7) is 4.94. The first kappa shape index (κ1) is 14.0. The highest BCUT2D eigenvalue weighted by Crippen LogP contribution is 2.12. The van der Waals surface area contributed by atoms with E-state index in [1.807, 2.05) is 24.5 Å². The molecular formula is C14H21N3O2. The van der Waals surface area contributed by atoms with Crippen LogP contribution in [0.4, 0.5) is 0 Å². The van der Waals surface area contributed by atoms with Gasteiger partial charge in [-0.2, -0.15) is 0 Å². The molecule has 1 saturated heterocycles.